The van der Waals surface area contributed by atoms with Crippen molar-refractivity contribution in [2.45, 2.75) is 45.8 Å². The summed E-state index contributed by atoms with van der Waals surface area (Å²) in [6.07, 6.45) is 1.38. The van der Waals surface area contributed by atoms with Crippen LogP contribution in [0.5, 0.6) is 0 Å². The molecule has 114 valence electrons. The average molecular weight is 307 g/mol. The van der Waals surface area contributed by atoms with Crippen molar-refractivity contribution in [3.05, 3.63) is 26.6 Å². The fraction of sp³-hybridized carbons (Fsp3) is 0.600. The van der Waals surface area contributed by atoms with Crippen LogP contribution in [0.4, 0.5) is 0 Å². The van der Waals surface area contributed by atoms with Gasteiger partial charge in [-0.25, -0.2) is 4.98 Å². The van der Waals surface area contributed by atoms with Gasteiger partial charge in [0, 0.05) is 18.0 Å². The van der Waals surface area contributed by atoms with Crippen LogP contribution in [0.3, 0.4) is 0 Å². The van der Waals surface area contributed by atoms with Crippen LogP contribution in [0.1, 0.15) is 42.1 Å². The van der Waals surface area contributed by atoms with Crippen LogP contribution in [0.2, 0.25) is 0 Å². The molecule has 6 heteroatoms. The third-order valence-corrected chi connectivity index (χ3v) is 5.60. The second kappa shape index (κ2) is 5.51. The van der Waals surface area contributed by atoms with Crippen molar-refractivity contribution in [1.29, 1.82) is 0 Å². The Morgan fingerprint density at radius 1 is 1.38 bits per heavy atom. The topological polar surface area (TPSA) is 69.2 Å². The van der Waals surface area contributed by atoms with Gasteiger partial charge in [0.1, 0.15) is 10.7 Å². The van der Waals surface area contributed by atoms with E-state index in [0.29, 0.717) is 0 Å². The standard InChI is InChI=1S/C15H21N3O2S/c1-8-10(3)21-15-12(8)14(20)16-13(17-15)9(2)18-6-4-11(19)5-7-18/h9,11,19H,4-7H2,1-3H3,(H,16,17,20)/t9-/m1/s1. The maximum atomic E-state index is 12.3. The largest absolute Gasteiger partial charge is 0.393 e. The number of aryl methyl sites for hydroxylation is 2. The number of nitrogens with one attached hydrogen (secondary N) is 1. The van der Waals surface area contributed by atoms with Crippen LogP contribution >= 0.6 is 11.3 Å². The van der Waals surface area contributed by atoms with E-state index < -0.39 is 0 Å². The summed E-state index contributed by atoms with van der Waals surface area (Å²) < 4.78 is 0. The second-order valence-electron chi connectivity index (χ2n) is 5.86. The Hall–Kier alpha value is -1.24. The van der Waals surface area contributed by atoms with Gasteiger partial charge in [0.2, 0.25) is 0 Å². The number of aliphatic hydroxyl groups excluding tert-OH is 1. The minimum absolute atomic E-state index is 0.0410. The zero-order valence-electron chi connectivity index (χ0n) is 12.6. The summed E-state index contributed by atoms with van der Waals surface area (Å²) in [6, 6.07) is 0.0670. The lowest BCUT2D eigenvalue weighted by Gasteiger charge is -2.33. The molecule has 1 fully saturated rings. The summed E-state index contributed by atoms with van der Waals surface area (Å²) in [5.74, 6) is 0.727. The lowest BCUT2D eigenvalue weighted by atomic mass is 10.1. The fourth-order valence-corrected chi connectivity index (χ4v) is 3.95. The Morgan fingerprint density at radius 3 is 2.71 bits per heavy atom. The summed E-state index contributed by atoms with van der Waals surface area (Å²) in [7, 11) is 0. The van der Waals surface area contributed by atoms with Crippen LogP contribution in [0.15, 0.2) is 4.79 Å². The lowest BCUT2D eigenvalue weighted by molar-refractivity contribution is 0.0626. The first-order valence-corrected chi connectivity index (χ1v) is 8.21. The number of rotatable bonds is 2. The highest BCUT2D eigenvalue weighted by Gasteiger charge is 2.24. The summed E-state index contributed by atoms with van der Waals surface area (Å²) in [5.41, 5.74) is 0.991. The molecule has 3 rings (SSSR count). The molecule has 2 aromatic heterocycles. The van der Waals surface area contributed by atoms with Gasteiger partial charge in [0.15, 0.2) is 0 Å². The smallest absolute Gasteiger partial charge is 0.259 e. The van der Waals surface area contributed by atoms with E-state index in [1.54, 1.807) is 11.3 Å². The first-order valence-electron chi connectivity index (χ1n) is 7.39. The molecule has 1 saturated heterocycles. The van der Waals surface area contributed by atoms with Gasteiger partial charge >= 0.3 is 0 Å². The lowest BCUT2D eigenvalue weighted by Crippen LogP contribution is -2.38. The molecular formula is C15H21N3O2S. The first-order chi connectivity index (χ1) is 9.97. The van der Waals surface area contributed by atoms with E-state index in [1.807, 2.05) is 13.8 Å². The number of fused-ring (bicyclic) bond motifs is 1. The molecule has 0 amide bonds. The van der Waals surface area contributed by atoms with E-state index in [0.717, 1.165) is 52.4 Å². The van der Waals surface area contributed by atoms with Crippen molar-refractivity contribution in [1.82, 2.24) is 14.9 Å². The van der Waals surface area contributed by atoms with Crippen molar-refractivity contribution in [2.24, 2.45) is 0 Å². The van der Waals surface area contributed by atoms with E-state index in [4.69, 9.17) is 0 Å². The Morgan fingerprint density at radius 2 is 2.05 bits per heavy atom. The molecule has 1 aliphatic heterocycles. The third-order valence-electron chi connectivity index (χ3n) is 4.50. The number of aromatic amines is 1. The highest BCUT2D eigenvalue weighted by atomic mass is 32.1. The highest BCUT2D eigenvalue weighted by molar-refractivity contribution is 7.18. The van der Waals surface area contributed by atoms with Gasteiger partial charge in [-0.05, 0) is 39.2 Å². The molecule has 0 spiro atoms. The number of hydrogen-bond donors (Lipinski definition) is 2. The maximum Gasteiger partial charge on any atom is 0.259 e. The van der Waals surface area contributed by atoms with Crippen LogP contribution in [-0.4, -0.2) is 39.2 Å². The molecule has 21 heavy (non-hydrogen) atoms. The molecule has 2 aromatic rings. The molecule has 2 N–H and O–H groups in total. The number of nitrogens with zero attached hydrogens (tertiary/aromatic N) is 2. The van der Waals surface area contributed by atoms with Crippen molar-refractivity contribution < 1.29 is 5.11 Å². The molecule has 5 nitrogen and oxygen atoms in total. The fourth-order valence-electron chi connectivity index (χ4n) is 2.92. The van der Waals surface area contributed by atoms with Gasteiger partial charge in [-0.2, -0.15) is 0 Å². The molecule has 0 saturated carbocycles. The van der Waals surface area contributed by atoms with Crippen molar-refractivity contribution in [3.8, 4) is 0 Å². The molecule has 3 heterocycles. The number of hydrogen-bond acceptors (Lipinski definition) is 5. The summed E-state index contributed by atoms with van der Waals surface area (Å²) in [4.78, 5) is 24.2. The third kappa shape index (κ3) is 2.63. The Labute approximate surface area is 127 Å². The van der Waals surface area contributed by atoms with E-state index >= 15 is 0 Å². The van der Waals surface area contributed by atoms with E-state index in [2.05, 4.69) is 21.8 Å². The van der Waals surface area contributed by atoms with Gasteiger partial charge in [-0.15, -0.1) is 11.3 Å². The van der Waals surface area contributed by atoms with Gasteiger partial charge in [0.05, 0.1) is 17.5 Å². The molecule has 0 unspecified atom stereocenters. The quantitative estimate of drug-likeness (QED) is 0.891. The number of H-pyrrole nitrogens is 1. The number of aliphatic hydroxyl groups is 1. The van der Waals surface area contributed by atoms with Gasteiger partial charge in [0.25, 0.3) is 5.56 Å². The van der Waals surface area contributed by atoms with Crippen molar-refractivity contribution in [3.63, 3.8) is 0 Å². The maximum absolute atomic E-state index is 12.3. The van der Waals surface area contributed by atoms with Crippen molar-refractivity contribution in [2.75, 3.05) is 13.1 Å². The van der Waals surface area contributed by atoms with Gasteiger partial charge in [-0.3, -0.25) is 9.69 Å². The van der Waals surface area contributed by atoms with Gasteiger partial charge < -0.3 is 10.1 Å². The number of thiophene rings is 1. The predicted molar refractivity (Wildman–Crippen MR) is 84.9 cm³/mol. The number of aromatic nitrogens is 2. The summed E-state index contributed by atoms with van der Waals surface area (Å²) in [6.45, 7) is 7.74. The van der Waals surface area contributed by atoms with E-state index in [1.165, 1.54) is 0 Å². The van der Waals surface area contributed by atoms with Crippen LogP contribution in [0, 0.1) is 13.8 Å². The zero-order chi connectivity index (χ0) is 15.1. The minimum Gasteiger partial charge on any atom is -0.393 e. The zero-order valence-corrected chi connectivity index (χ0v) is 13.5. The normalized spacial score (nSPS) is 19.2. The Bertz CT molecular complexity index is 714. The monoisotopic (exact) mass is 307 g/mol. The molecule has 0 aliphatic carbocycles. The summed E-state index contributed by atoms with van der Waals surface area (Å²) in [5, 5.41) is 10.3. The number of piperidine rings is 1. The summed E-state index contributed by atoms with van der Waals surface area (Å²) >= 11 is 1.58. The van der Waals surface area contributed by atoms with Crippen molar-refractivity contribution >= 4 is 21.6 Å². The minimum atomic E-state index is -0.189. The Kier molecular flexibility index (Phi) is 3.86. The van der Waals surface area contributed by atoms with E-state index in [9.17, 15) is 9.90 Å². The second-order valence-corrected chi connectivity index (χ2v) is 7.06. The van der Waals surface area contributed by atoms with Crippen LogP contribution < -0.4 is 5.56 Å². The first kappa shape index (κ1) is 14.7. The SMILES string of the molecule is Cc1sc2nc([C@@H](C)N3CCC(O)CC3)[nH]c(=O)c2c1C. The Balaban J connectivity index is 1.95. The average Bonchev–Trinajstić information content (AvgIpc) is 2.74. The molecule has 0 radical (unpaired) electrons. The molecule has 0 aromatic carbocycles. The molecular weight excluding hydrogens is 286 g/mol. The van der Waals surface area contributed by atoms with Crippen LogP contribution in [-0.2, 0) is 0 Å². The molecule has 0 bridgehead atoms. The van der Waals surface area contributed by atoms with E-state index in [-0.39, 0.29) is 17.7 Å². The molecule has 1 atom stereocenters. The number of likely N-dealkylation sites (tertiary alicyclic amines) is 1. The van der Waals surface area contributed by atoms with Crippen LogP contribution in [0.25, 0.3) is 10.2 Å². The predicted octanol–water partition coefficient (Wildman–Crippen LogP) is 2.12. The van der Waals surface area contributed by atoms with Gasteiger partial charge in [-0.1, -0.05) is 0 Å². The highest BCUT2D eigenvalue weighted by Crippen LogP contribution is 2.28. The molecule has 1 aliphatic rings.